The molecule has 0 amide bonds. The summed E-state index contributed by atoms with van der Waals surface area (Å²) in [7, 11) is 0. The number of carboxylic acid groups (broad SMARTS) is 1. The Morgan fingerprint density at radius 1 is 1.23 bits per heavy atom. The number of carboxylic acids is 1. The van der Waals surface area contributed by atoms with Gasteiger partial charge in [0.2, 0.25) is 0 Å². The van der Waals surface area contributed by atoms with E-state index in [-0.39, 0.29) is 6.10 Å². The number of fused-ring (bicyclic) bond motifs is 1. The molecule has 2 heterocycles. The fourth-order valence-electron chi connectivity index (χ4n) is 4.50. The molecule has 0 spiro atoms. The molecule has 4 rings (SSSR count). The van der Waals surface area contributed by atoms with Crippen LogP contribution in [0.25, 0.3) is 0 Å². The molecule has 30 heavy (non-hydrogen) atoms. The first-order valence-electron chi connectivity index (χ1n) is 10.5. The topological polar surface area (TPSA) is 71.9 Å². The second-order valence-corrected chi connectivity index (χ2v) is 8.10. The van der Waals surface area contributed by atoms with Gasteiger partial charge in [-0.15, -0.1) is 0 Å². The van der Waals surface area contributed by atoms with Crippen molar-refractivity contribution in [3.63, 3.8) is 0 Å². The Morgan fingerprint density at radius 3 is 2.60 bits per heavy atom. The number of nitrogens with zero attached hydrogens (tertiary/aromatic N) is 2. The van der Waals surface area contributed by atoms with Crippen molar-refractivity contribution in [3.8, 4) is 0 Å². The zero-order valence-electron chi connectivity index (χ0n) is 16.9. The molecule has 0 bridgehead atoms. The minimum atomic E-state index is -5.08. The van der Waals surface area contributed by atoms with Gasteiger partial charge in [-0.25, -0.2) is 4.79 Å². The first-order valence-corrected chi connectivity index (χ1v) is 10.5. The number of pyridine rings is 1. The summed E-state index contributed by atoms with van der Waals surface area (Å²) in [5.41, 5.74) is 1.16. The summed E-state index contributed by atoms with van der Waals surface area (Å²) in [5, 5.41) is 7.12. The van der Waals surface area contributed by atoms with E-state index in [1.165, 1.54) is 32.1 Å². The maximum atomic E-state index is 10.6. The van der Waals surface area contributed by atoms with Crippen LogP contribution in [0, 0.1) is 5.92 Å². The number of aromatic nitrogens is 1. The first-order chi connectivity index (χ1) is 14.3. The van der Waals surface area contributed by atoms with Crippen LogP contribution in [0.4, 0.5) is 13.2 Å². The first kappa shape index (κ1) is 23.0. The number of hydrogen-bond donors (Lipinski definition) is 1. The molecule has 1 saturated heterocycles. The maximum Gasteiger partial charge on any atom is 0.490 e. The summed E-state index contributed by atoms with van der Waals surface area (Å²) in [4.78, 5) is 15.9. The summed E-state index contributed by atoms with van der Waals surface area (Å²) < 4.78 is 44.1. The Bertz CT molecular complexity index is 668. The van der Waals surface area contributed by atoms with Crippen molar-refractivity contribution in [2.24, 2.45) is 5.92 Å². The van der Waals surface area contributed by atoms with E-state index in [0.717, 1.165) is 44.3 Å². The monoisotopic (exact) mass is 430 g/mol. The number of carbonyl (C=O) groups is 1. The minimum absolute atomic E-state index is 0.258. The van der Waals surface area contributed by atoms with E-state index in [0.29, 0.717) is 12.1 Å². The van der Waals surface area contributed by atoms with E-state index in [1.807, 2.05) is 12.3 Å². The fraction of sp³-hybridized carbons (Fsp3) is 0.714. The molecule has 1 aromatic heterocycles. The lowest BCUT2D eigenvalue weighted by Crippen LogP contribution is -2.51. The lowest BCUT2D eigenvalue weighted by Gasteiger charge is -2.39. The molecule has 0 aromatic carbocycles. The number of halogens is 3. The van der Waals surface area contributed by atoms with Crippen LogP contribution in [0.1, 0.15) is 44.2 Å². The van der Waals surface area contributed by atoms with Crippen LogP contribution in [0.2, 0.25) is 0 Å². The zero-order chi connectivity index (χ0) is 21.6. The Kier molecular flexibility index (Phi) is 8.07. The second-order valence-electron chi connectivity index (χ2n) is 8.10. The van der Waals surface area contributed by atoms with Crippen molar-refractivity contribution >= 4 is 5.97 Å². The molecule has 1 aliphatic heterocycles. The lowest BCUT2D eigenvalue weighted by atomic mass is 10.1. The molecule has 2 aliphatic carbocycles. The highest BCUT2D eigenvalue weighted by Gasteiger charge is 2.43. The fourth-order valence-corrected chi connectivity index (χ4v) is 4.50. The molecule has 9 heteroatoms. The highest BCUT2D eigenvalue weighted by molar-refractivity contribution is 5.73. The molecular weight excluding hydrogens is 401 g/mol. The molecule has 3 fully saturated rings. The number of alkyl halides is 3. The van der Waals surface area contributed by atoms with Gasteiger partial charge in [0.15, 0.2) is 0 Å². The van der Waals surface area contributed by atoms with E-state index in [2.05, 4.69) is 22.0 Å². The summed E-state index contributed by atoms with van der Waals surface area (Å²) in [5.74, 6) is -1.96. The van der Waals surface area contributed by atoms with Crippen molar-refractivity contribution in [1.29, 1.82) is 0 Å². The van der Waals surface area contributed by atoms with Gasteiger partial charge >= 0.3 is 12.1 Å². The Hall–Kier alpha value is -1.71. The molecular formula is C21H29F3N2O4. The Labute approximate surface area is 174 Å². The highest BCUT2D eigenvalue weighted by Crippen LogP contribution is 2.34. The second kappa shape index (κ2) is 10.5. The van der Waals surface area contributed by atoms with Crippen LogP contribution in [0.15, 0.2) is 24.4 Å². The number of ether oxygens (including phenoxy) is 2. The molecule has 2 saturated carbocycles. The van der Waals surface area contributed by atoms with Gasteiger partial charge in [0.25, 0.3) is 0 Å². The van der Waals surface area contributed by atoms with Gasteiger partial charge in [-0.2, -0.15) is 13.2 Å². The third kappa shape index (κ3) is 6.39. The van der Waals surface area contributed by atoms with E-state index >= 15 is 0 Å². The predicted molar refractivity (Wildman–Crippen MR) is 103 cm³/mol. The zero-order valence-corrected chi connectivity index (χ0v) is 16.9. The van der Waals surface area contributed by atoms with E-state index < -0.39 is 12.1 Å². The maximum absolute atomic E-state index is 10.6. The molecule has 3 atom stereocenters. The van der Waals surface area contributed by atoms with Crippen LogP contribution in [-0.2, 0) is 20.8 Å². The average molecular weight is 430 g/mol. The molecule has 3 aliphatic rings. The van der Waals surface area contributed by atoms with Crippen LogP contribution >= 0.6 is 0 Å². The minimum Gasteiger partial charge on any atom is -0.475 e. The molecule has 168 valence electrons. The van der Waals surface area contributed by atoms with Gasteiger partial charge in [0, 0.05) is 31.9 Å². The van der Waals surface area contributed by atoms with Crippen molar-refractivity contribution in [1.82, 2.24) is 9.88 Å². The van der Waals surface area contributed by atoms with Crippen LogP contribution in [-0.4, -0.2) is 65.1 Å². The number of morpholine rings is 1. The van der Waals surface area contributed by atoms with E-state index in [1.54, 1.807) is 0 Å². The average Bonchev–Trinajstić information content (AvgIpc) is 3.37. The number of hydrogen-bond acceptors (Lipinski definition) is 5. The van der Waals surface area contributed by atoms with Crippen LogP contribution < -0.4 is 0 Å². The molecule has 0 radical (unpaired) electrons. The normalized spacial score (nSPS) is 27.4. The number of rotatable bonds is 5. The SMILES string of the molecule is O=C(O)C(F)(F)F.c1ccc(CN2CCO[C@H]3[C@H](OCC4CCCC4)CC[C@@H]32)nc1. The Morgan fingerprint density at radius 2 is 1.97 bits per heavy atom. The summed E-state index contributed by atoms with van der Waals surface area (Å²) in [6.07, 6.45) is 5.17. The van der Waals surface area contributed by atoms with E-state index in [4.69, 9.17) is 19.4 Å². The van der Waals surface area contributed by atoms with Crippen molar-refractivity contribution in [3.05, 3.63) is 30.1 Å². The number of aliphatic carboxylic acids is 1. The van der Waals surface area contributed by atoms with Crippen molar-refractivity contribution in [2.45, 2.75) is 69.5 Å². The smallest absolute Gasteiger partial charge is 0.475 e. The molecule has 1 aromatic rings. The quantitative estimate of drug-likeness (QED) is 0.769. The third-order valence-corrected chi connectivity index (χ3v) is 6.00. The molecule has 6 nitrogen and oxygen atoms in total. The summed E-state index contributed by atoms with van der Waals surface area (Å²) in [6.45, 7) is 3.70. The highest BCUT2D eigenvalue weighted by atomic mass is 19.4. The largest absolute Gasteiger partial charge is 0.490 e. The lowest BCUT2D eigenvalue weighted by molar-refractivity contribution is -0.192. The van der Waals surface area contributed by atoms with Gasteiger partial charge in [0.05, 0.1) is 24.5 Å². The van der Waals surface area contributed by atoms with Gasteiger partial charge in [-0.05, 0) is 43.7 Å². The summed E-state index contributed by atoms with van der Waals surface area (Å²) >= 11 is 0. The van der Waals surface area contributed by atoms with E-state index in [9.17, 15) is 13.2 Å². The van der Waals surface area contributed by atoms with Crippen LogP contribution in [0.3, 0.4) is 0 Å². The standard InChI is InChI=1S/C19H28N2O2.C2HF3O2/c1-2-6-15(5-1)14-23-18-9-8-17-19(18)22-12-11-21(17)13-16-7-3-4-10-20-16;3-2(4,5)1(6)7/h3-4,7,10,15,17-19H,1-2,5-6,8-9,11-14H2;(H,6,7)/t17-,18+,19+;/m0./s1. The molecule has 0 unspecified atom stereocenters. The van der Waals surface area contributed by atoms with Gasteiger partial charge < -0.3 is 14.6 Å². The van der Waals surface area contributed by atoms with Crippen LogP contribution in [0.5, 0.6) is 0 Å². The third-order valence-electron chi connectivity index (χ3n) is 6.00. The predicted octanol–water partition coefficient (Wildman–Crippen LogP) is 3.65. The summed E-state index contributed by atoms with van der Waals surface area (Å²) in [6, 6.07) is 6.67. The molecule has 1 N–H and O–H groups in total. The van der Waals surface area contributed by atoms with Gasteiger partial charge in [-0.3, -0.25) is 9.88 Å². The van der Waals surface area contributed by atoms with Gasteiger partial charge in [-0.1, -0.05) is 18.9 Å². The van der Waals surface area contributed by atoms with Crippen molar-refractivity contribution in [2.75, 3.05) is 19.8 Å². The Balaban J connectivity index is 0.000000318. The van der Waals surface area contributed by atoms with Crippen molar-refractivity contribution < 1.29 is 32.5 Å². The van der Waals surface area contributed by atoms with Gasteiger partial charge in [0.1, 0.15) is 0 Å².